The van der Waals surface area contributed by atoms with Crippen molar-refractivity contribution < 1.29 is 22.4 Å². The molecule has 0 aliphatic heterocycles. The van der Waals surface area contributed by atoms with Gasteiger partial charge in [-0.25, -0.2) is 19.3 Å². The van der Waals surface area contributed by atoms with Crippen molar-refractivity contribution in [2.24, 2.45) is 0 Å². The van der Waals surface area contributed by atoms with E-state index >= 15 is 0 Å². The van der Waals surface area contributed by atoms with Crippen LogP contribution in [0.5, 0.6) is 0 Å². The second kappa shape index (κ2) is 6.30. The number of hydrogen-bond acceptors (Lipinski definition) is 4. The fourth-order valence-corrected chi connectivity index (χ4v) is 1.95. The molecule has 1 N–H and O–H groups in total. The van der Waals surface area contributed by atoms with Crippen molar-refractivity contribution in [3.05, 3.63) is 66.3 Å². The molecule has 0 atom stereocenters. The number of carbonyl (C=O) groups is 1. The van der Waals surface area contributed by atoms with Crippen LogP contribution >= 0.6 is 0 Å². The lowest BCUT2D eigenvalue weighted by atomic mass is 10.2. The number of anilines is 1. The van der Waals surface area contributed by atoms with Crippen molar-refractivity contribution in [2.75, 3.05) is 5.32 Å². The molecule has 0 radical (unpaired) electrons. The highest BCUT2D eigenvalue weighted by Crippen LogP contribution is 2.28. The van der Waals surface area contributed by atoms with Gasteiger partial charge in [0.15, 0.2) is 5.69 Å². The van der Waals surface area contributed by atoms with Crippen LogP contribution < -0.4 is 5.32 Å². The van der Waals surface area contributed by atoms with Crippen LogP contribution in [-0.4, -0.2) is 25.4 Å². The van der Waals surface area contributed by atoms with E-state index in [1.165, 1.54) is 36.9 Å². The lowest BCUT2D eigenvalue weighted by Gasteiger charge is -2.11. The Morgan fingerprint density at radius 3 is 2.60 bits per heavy atom. The van der Waals surface area contributed by atoms with Crippen LogP contribution in [0.25, 0.3) is 5.95 Å². The predicted molar refractivity (Wildman–Crippen MR) is 78.5 cm³/mol. The van der Waals surface area contributed by atoms with Gasteiger partial charge in [0.2, 0.25) is 5.95 Å². The Morgan fingerprint density at radius 1 is 1.16 bits per heavy atom. The highest BCUT2D eigenvalue weighted by molar-refractivity contribution is 6.03. The minimum atomic E-state index is -4.77. The molecule has 0 fully saturated rings. The van der Waals surface area contributed by atoms with Gasteiger partial charge in [0, 0.05) is 24.1 Å². The van der Waals surface area contributed by atoms with Gasteiger partial charge >= 0.3 is 6.18 Å². The molecule has 1 amide bonds. The van der Waals surface area contributed by atoms with E-state index < -0.39 is 29.3 Å². The second-order valence-corrected chi connectivity index (χ2v) is 4.87. The molecular weight excluding hydrogens is 342 g/mol. The normalized spacial score (nSPS) is 11.4. The third-order valence-electron chi connectivity index (χ3n) is 3.06. The fraction of sp³-hybridized carbons (Fsp3) is 0.0667. The number of imidazole rings is 1. The number of benzene rings is 1. The highest BCUT2D eigenvalue weighted by Gasteiger charge is 2.34. The van der Waals surface area contributed by atoms with Crippen LogP contribution in [-0.2, 0) is 6.18 Å². The molecule has 3 rings (SSSR count). The first-order valence-electron chi connectivity index (χ1n) is 6.84. The Hall–Kier alpha value is -3.30. The summed E-state index contributed by atoms with van der Waals surface area (Å²) in [4.78, 5) is 23.1. The highest BCUT2D eigenvalue weighted by atomic mass is 19.4. The van der Waals surface area contributed by atoms with E-state index in [2.05, 4.69) is 20.3 Å². The van der Waals surface area contributed by atoms with Gasteiger partial charge in [0.25, 0.3) is 5.91 Å². The number of nitrogens with one attached hydrogen (secondary N) is 1. The molecule has 0 saturated heterocycles. The monoisotopic (exact) mass is 351 g/mol. The Bertz CT molecular complexity index is 909. The molecular formula is C15H9F4N5O. The third-order valence-corrected chi connectivity index (χ3v) is 3.06. The number of rotatable bonds is 3. The maximum atomic E-state index is 13.2. The number of aromatic nitrogens is 4. The van der Waals surface area contributed by atoms with Crippen molar-refractivity contribution in [3.8, 4) is 5.95 Å². The first kappa shape index (κ1) is 16.6. The zero-order chi connectivity index (χ0) is 18.0. The van der Waals surface area contributed by atoms with Gasteiger partial charge in [-0.3, -0.25) is 9.36 Å². The molecule has 0 aliphatic rings. The first-order chi connectivity index (χ1) is 11.8. The maximum absolute atomic E-state index is 13.2. The van der Waals surface area contributed by atoms with Gasteiger partial charge in [-0.2, -0.15) is 13.2 Å². The van der Waals surface area contributed by atoms with Crippen molar-refractivity contribution in [3.63, 3.8) is 0 Å². The molecule has 2 heterocycles. The Balaban J connectivity index is 1.99. The lowest BCUT2D eigenvalue weighted by Crippen LogP contribution is -2.19. The molecule has 3 aromatic rings. The zero-order valence-corrected chi connectivity index (χ0v) is 12.3. The Morgan fingerprint density at radius 2 is 1.96 bits per heavy atom. The van der Waals surface area contributed by atoms with Gasteiger partial charge in [-0.15, -0.1) is 0 Å². The van der Waals surface area contributed by atoms with E-state index in [1.807, 2.05) is 0 Å². The van der Waals surface area contributed by atoms with Crippen LogP contribution in [0.15, 0.2) is 49.1 Å². The molecule has 10 heteroatoms. The fourth-order valence-electron chi connectivity index (χ4n) is 1.95. The van der Waals surface area contributed by atoms with Crippen LogP contribution in [0, 0.1) is 5.82 Å². The largest absolute Gasteiger partial charge is 0.433 e. The molecule has 2 aromatic heterocycles. The minimum Gasteiger partial charge on any atom is -0.321 e. The molecule has 0 aliphatic carbocycles. The average molecular weight is 351 g/mol. The Kier molecular flexibility index (Phi) is 4.17. The number of amides is 1. The maximum Gasteiger partial charge on any atom is 0.433 e. The molecule has 128 valence electrons. The topological polar surface area (TPSA) is 72.7 Å². The smallest absolute Gasteiger partial charge is 0.321 e. The van der Waals surface area contributed by atoms with E-state index in [9.17, 15) is 22.4 Å². The summed E-state index contributed by atoms with van der Waals surface area (Å²) in [5, 5.41) is 2.29. The average Bonchev–Trinajstić information content (AvgIpc) is 3.08. The van der Waals surface area contributed by atoms with Crippen LogP contribution in [0.1, 0.15) is 16.2 Å². The van der Waals surface area contributed by atoms with Crippen LogP contribution in [0.2, 0.25) is 0 Å². The minimum absolute atomic E-state index is 0.0846. The SMILES string of the molecule is O=C(Nc1cccc(F)c1)c1cc(C(F)(F)F)nc(-n2ccnc2)n1. The molecule has 6 nitrogen and oxygen atoms in total. The summed E-state index contributed by atoms with van der Waals surface area (Å²) >= 11 is 0. The number of hydrogen-bond donors (Lipinski definition) is 1. The molecule has 0 saturated carbocycles. The third kappa shape index (κ3) is 3.79. The van der Waals surface area contributed by atoms with Crippen molar-refractivity contribution >= 4 is 11.6 Å². The number of nitrogens with zero attached hydrogens (tertiary/aromatic N) is 4. The molecule has 0 bridgehead atoms. The summed E-state index contributed by atoms with van der Waals surface area (Å²) in [5.74, 6) is -1.90. The van der Waals surface area contributed by atoms with Crippen molar-refractivity contribution in [2.45, 2.75) is 6.18 Å². The second-order valence-electron chi connectivity index (χ2n) is 4.87. The molecule has 0 unspecified atom stereocenters. The summed E-state index contributed by atoms with van der Waals surface area (Å²) in [6.45, 7) is 0. The number of carbonyl (C=O) groups excluding carboxylic acids is 1. The van der Waals surface area contributed by atoms with Crippen molar-refractivity contribution in [1.82, 2.24) is 19.5 Å². The van der Waals surface area contributed by atoms with E-state index in [4.69, 9.17) is 0 Å². The molecule has 25 heavy (non-hydrogen) atoms. The Labute approximate surface area is 138 Å². The van der Waals surface area contributed by atoms with E-state index in [-0.39, 0.29) is 11.6 Å². The summed E-state index contributed by atoms with van der Waals surface area (Å²) in [6, 6.07) is 5.46. The summed E-state index contributed by atoms with van der Waals surface area (Å²) in [7, 11) is 0. The van der Waals surface area contributed by atoms with Gasteiger partial charge < -0.3 is 5.32 Å². The van der Waals surface area contributed by atoms with E-state index in [0.29, 0.717) is 6.07 Å². The first-order valence-corrected chi connectivity index (χ1v) is 6.84. The van der Waals surface area contributed by atoms with Gasteiger partial charge in [-0.05, 0) is 18.2 Å². The standard InChI is InChI=1S/C15H9F4N5O/c16-9-2-1-3-10(6-9)21-13(25)11-7-12(15(17,18)19)23-14(22-11)24-5-4-20-8-24/h1-8H,(H,21,25). The number of alkyl halides is 3. The number of halogens is 4. The predicted octanol–water partition coefficient (Wildman–Crippen LogP) is 3.07. The molecule has 1 aromatic carbocycles. The zero-order valence-electron chi connectivity index (χ0n) is 12.3. The quantitative estimate of drug-likeness (QED) is 0.736. The summed E-state index contributed by atoms with van der Waals surface area (Å²) in [5.41, 5.74) is -1.72. The lowest BCUT2D eigenvalue weighted by molar-refractivity contribution is -0.141. The summed E-state index contributed by atoms with van der Waals surface area (Å²) < 4.78 is 53.4. The van der Waals surface area contributed by atoms with E-state index in [1.54, 1.807) is 0 Å². The van der Waals surface area contributed by atoms with Crippen LogP contribution in [0.4, 0.5) is 23.2 Å². The van der Waals surface area contributed by atoms with Gasteiger partial charge in [0.1, 0.15) is 17.8 Å². The van der Waals surface area contributed by atoms with Gasteiger partial charge in [0.05, 0.1) is 0 Å². The van der Waals surface area contributed by atoms with Crippen LogP contribution in [0.3, 0.4) is 0 Å². The van der Waals surface area contributed by atoms with E-state index in [0.717, 1.165) is 10.6 Å². The van der Waals surface area contributed by atoms with Crippen molar-refractivity contribution in [1.29, 1.82) is 0 Å². The van der Waals surface area contributed by atoms with Gasteiger partial charge in [-0.1, -0.05) is 6.07 Å². The molecule has 0 spiro atoms. The summed E-state index contributed by atoms with van der Waals surface area (Å²) in [6.07, 6.45) is -0.907.